The molecule has 1 aliphatic heterocycles. The monoisotopic (exact) mass is 499 g/mol. The van der Waals surface area contributed by atoms with E-state index in [1.807, 2.05) is 18.2 Å². The Hall–Kier alpha value is -2.64. The Balaban J connectivity index is 1.50. The highest BCUT2D eigenvalue weighted by atomic mass is 79.9. The maximum absolute atomic E-state index is 12.6. The van der Waals surface area contributed by atoms with E-state index in [9.17, 15) is 13.2 Å². The van der Waals surface area contributed by atoms with Crippen molar-refractivity contribution < 1.29 is 17.9 Å². The van der Waals surface area contributed by atoms with Gasteiger partial charge >= 0.3 is 0 Å². The molecule has 0 spiro atoms. The molecule has 0 aliphatic carbocycles. The van der Waals surface area contributed by atoms with Crippen molar-refractivity contribution in [3.05, 3.63) is 94.0 Å². The average molecular weight is 500 g/mol. The molecule has 5 nitrogen and oxygen atoms in total. The van der Waals surface area contributed by atoms with E-state index < -0.39 is 15.9 Å². The fourth-order valence-corrected chi connectivity index (χ4v) is 5.33. The highest BCUT2D eigenvalue weighted by Crippen LogP contribution is 2.35. The number of carbonyl (C=O) groups is 1. The van der Waals surface area contributed by atoms with Crippen LogP contribution in [-0.2, 0) is 22.9 Å². The number of ether oxygens (including phenoxy) is 1. The summed E-state index contributed by atoms with van der Waals surface area (Å²) in [5.74, 6) is 0.0662. The number of amides is 1. The Morgan fingerprint density at radius 1 is 1.06 bits per heavy atom. The van der Waals surface area contributed by atoms with Crippen LogP contribution in [0, 0.1) is 0 Å². The van der Waals surface area contributed by atoms with E-state index in [4.69, 9.17) is 4.74 Å². The molecule has 0 aromatic heterocycles. The molecule has 1 atom stereocenters. The molecule has 1 aliphatic rings. The number of rotatable bonds is 5. The number of hydrogen-bond acceptors (Lipinski definition) is 4. The van der Waals surface area contributed by atoms with Gasteiger partial charge in [0.05, 0.1) is 4.90 Å². The lowest BCUT2D eigenvalue weighted by Gasteiger charge is -2.36. The van der Waals surface area contributed by atoms with Gasteiger partial charge in [-0.05, 0) is 67.3 Å². The Morgan fingerprint density at radius 3 is 2.58 bits per heavy atom. The quantitative estimate of drug-likeness (QED) is 0.542. The lowest BCUT2D eigenvalue weighted by Crippen LogP contribution is -2.38. The van der Waals surface area contributed by atoms with Gasteiger partial charge in [0.1, 0.15) is 11.4 Å². The molecule has 0 saturated carbocycles. The Kier molecular flexibility index (Phi) is 5.90. The molecule has 1 amide bonds. The van der Waals surface area contributed by atoms with Gasteiger partial charge in [-0.1, -0.05) is 52.3 Å². The first-order valence-electron chi connectivity index (χ1n) is 9.93. The zero-order valence-corrected chi connectivity index (χ0v) is 19.4. The van der Waals surface area contributed by atoms with E-state index in [0.29, 0.717) is 4.47 Å². The normalized spacial score (nSPS) is 18.0. The second kappa shape index (κ2) is 8.48. The number of carbonyl (C=O) groups excluding carboxylic acids is 1. The maximum atomic E-state index is 12.6. The van der Waals surface area contributed by atoms with Crippen LogP contribution in [0.2, 0.25) is 0 Å². The number of hydrogen-bond donors (Lipinski definition) is 1. The van der Waals surface area contributed by atoms with Crippen LogP contribution in [0.25, 0.3) is 0 Å². The summed E-state index contributed by atoms with van der Waals surface area (Å²) in [5, 5.41) is 0. The van der Waals surface area contributed by atoms with Crippen molar-refractivity contribution in [2.24, 2.45) is 0 Å². The third-order valence-corrected chi connectivity index (χ3v) is 7.18. The number of benzene rings is 3. The molecular formula is C24H22BrNO4S. The second-order valence-corrected chi connectivity index (χ2v) is 10.5. The largest absolute Gasteiger partial charge is 0.487 e. The van der Waals surface area contributed by atoms with Crippen LogP contribution in [0.15, 0.2) is 82.2 Å². The van der Waals surface area contributed by atoms with E-state index in [-0.39, 0.29) is 16.1 Å². The van der Waals surface area contributed by atoms with E-state index in [2.05, 4.69) is 39.7 Å². The lowest BCUT2D eigenvalue weighted by atomic mass is 9.87. The molecule has 0 fully saturated rings. The molecule has 7 heteroatoms. The maximum Gasteiger partial charge on any atom is 0.265 e. The Morgan fingerprint density at radius 2 is 1.84 bits per heavy atom. The summed E-state index contributed by atoms with van der Waals surface area (Å²) in [6.07, 6.45) is 2.34. The van der Waals surface area contributed by atoms with Crippen molar-refractivity contribution in [1.29, 1.82) is 0 Å². The smallest absolute Gasteiger partial charge is 0.265 e. The van der Waals surface area contributed by atoms with Crippen molar-refractivity contribution in [1.82, 2.24) is 4.72 Å². The fraction of sp³-hybridized carbons (Fsp3) is 0.208. The molecular weight excluding hydrogens is 478 g/mol. The van der Waals surface area contributed by atoms with Crippen molar-refractivity contribution in [3.63, 3.8) is 0 Å². The first-order chi connectivity index (χ1) is 14.7. The van der Waals surface area contributed by atoms with Gasteiger partial charge in [0.25, 0.3) is 15.9 Å². The van der Waals surface area contributed by atoms with Crippen molar-refractivity contribution in [3.8, 4) is 5.75 Å². The van der Waals surface area contributed by atoms with Gasteiger partial charge < -0.3 is 4.74 Å². The molecule has 0 bridgehead atoms. The van der Waals surface area contributed by atoms with Gasteiger partial charge in [0.2, 0.25) is 0 Å². The van der Waals surface area contributed by atoms with Gasteiger partial charge in [-0.25, -0.2) is 13.1 Å². The van der Waals surface area contributed by atoms with Gasteiger partial charge in [0.15, 0.2) is 0 Å². The predicted molar refractivity (Wildman–Crippen MR) is 123 cm³/mol. The predicted octanol–water partition coefficient (Wildman–Crippen LogP) is 4.89. The SMILES string of the molecule is C[C@]1(Cc2ccccc2)CCc2cc(C(=O)NS(=O)(=O)c3cccc(Br)c3)ccc2O1. The summed E-state index contributed by atoms with van der Waals surface area (Å²) in [4.78, 5) is 12.7. The van der Waals surface area contributed by atoms with Crippen molar-refractivity contribution in [2.75, 3.05) is 0 Å². The van der Waals surface area contributed by atoms with Crippen LogP contribution < -0.4 is 9.46 Å². The first-order valence-corrected chi connectivity index (χ1v) is 12.2. The lowest BCUT2D eigenvalue weighted by molar-refractivity contribution is 0.0654. The molecule has 1 N–H and O–H groups in total. The summed E-state index contributed by atoms with van der Waals surface area (Å²) in [6.45, 7) is 2.09. The van der Waals surface area contributed by atoms with Crippen LogP contribution in [0.3, 0.4) is 0 Å². The molecule has 4 rings (SSSR count). The van der Waals surface area contributed by atoms with Gasteiger partial charge in [0, 0.05) is 16.5 Å². The molecule has 160 valence electrons. The average Bonchev–Trinajstić information content (AvgIpc) is 2.73. The summed E-state index contributed by atoms with van der Waals surface area (Å²) < 4.78 is 34.1. The van der Waals surface area contributed by atoms with Crippen LogP contribution in [0.1, 0.15) is 34.8 Å². The fourth-order valence-electron chi connectivity index (χ4n) is 3.76. The Labute approximate surface area is 190 Å². The second-order valence-electron chi connectivity index (χ2n) is 7.93. The van der Waals surface area contributed by atoms with Crippen LogP contribution in [0.5, 0.6) is 5.75 Å². The molecule has 3 aromatic carbocycles. The van der Waals surface area contributed by atoms with Gasteiger partial charge in [-0.2, -0.15) is 0 Å². The zero-order valence-electron chi connectivity index (χ0n) is 17.0. The third kappa shape index (κ3) is 4.99. The van der Waals surface area contributed by atoms with Crippen LogP contribution in [0.4, 0.5) is 0 Å². The third-order valence-electron chi connectivity index (χ3n) is 5.36. The summed E-state index contributed by atoms with van der Waals surface area (Å²) in [5.41, 5.74) is 2.06. The Bertz CT molecular complexity index is 1230. The van der Waals surface area contributed by atoms with E-state index >= 15 is 0 Å². The molecule has 3 aromatic rings. The van der Waals surface area contributed by atoms with Gasteiger partial charge in [-0.3, -0.25) is 4.79 Å². The number of halogens is 1. The molecule has 0 unspecified atom stereocenters. The summed E-state index contributed by atoms with van der Waals surface area (Å²) >= 11 is 3.25. The first kappa shape index (κ1) is 21.6. The van der Waals surface area contributed by atoms with Gasteiger partial charge in [-0.15, -0.1) is 0 Å². The number of nitrogens with one attached hydrogen (secondary N) is 1. The standard InChI is InChI=1S/C24H22BrNO4S/c1-24(16-17-6-3-2-4-7-17)13-12-18-14-19(10-11-22(18)30-24)23(27)26-31(28,29)21-9-5-8-20(25)15-21/h2-11,14-15H,12-13,16H2,1H3,(H,26,27)/t24-/m1/s1. The topological polar surface area (TPSA) is 72.5 Å². The van der Waals surface area contributed by atoms with E-state index in [0.717, 1.165) is 30.6 Å². The van der Waals surface area contributed by atoms with Crippen LogP contribution in [-0.4, -0.2) is 19.9 Å². The highest BCUT2D eigenvalue weighted by molar-refractivity contribution is 9.10. The molecule has 0 radical (unpaired) electrons. The van der Waals surface area contributed by atoms with Crippen molar-refractivity contribution >= 4 is 31.9 Å². The summed E-state index contributed by atoms with van der Waals surface area (Å²) in [7, 11) is -3.97. The highest BCUT2D eigenvalue weighted by Gasteiger charge is 2.32. The number of fused-ring (bicyclic) bond motifs is 1. The van der Waals surface area contributed by atoms with Crippen LogP contribution >= 0.6 is 15.9 Å². The minimum atomic E-state index is -3.97. The summed E-state index contributed by atoms with van der Waals surface area (Å²) in [6, 6.07) is 21.5. The van der Waals surface area contributed by atoms with E-state index in [1.165, 1.54) is 17.7 Å². The van der Waals surface area contributed by atoms with Crippen molar-refractivity contribution in [2.45, 2.75) is 36.7 Å². The zero-order chi connectivity index (χ0) is 22.1. The minimum absolute atomic E-state index is 0.0215. The molecule has 31 heavy (non-hydrogen) atoms. The molecule has 1 heterocycles. The number of aryl methyl sites for hydroxylation is 1. The minimum Gasteiger partial charge on any atom is -0.487 e. The molecule has 0 saturated heterocycles. The number of sulfonamides is 1. The van der Waals surface area contributed by atoms with E-state index in [1.54, 1.807) is 30.3 Å².